The fraction of sp³-hybridized carbons (Fsp3) is 0.133. The van der Waals surface area contributed by atoms with Gasteiger partial charge in [-0.05, 0) is 18.2 Å². The minimum absolute atomic E-state index is 0.742. The van der Waals surface area contributed by atoms with Crippen molar-refractivity contribution in [3.05, 3.63) is 41.7 Å². The summed E-state index contributed by atoms with van der Waals surface area (Å²) in [7, 11) is 3.65. The van der Waals surface area contributed by atoms with Gasteiger partial charge in [-0.15, -0.1) is 0 Å². The topological polar surface area (TPSA) is 78.5 Å². The molecule has 0 aliphatic carbocycles. The van der Waals surface area contributed by atoms with Gasteiger partial charge < -0.3 is 10.6 Å². The third kappa shape index (κ3) is 2.62. The van der Waals surface area contributed by atoms with Crippen LogP contribution in [0.4, 0.5) is 11.6 Å². The number of rotatable bonds is 2. The van der Waals surface area contributed by atoms with E-state index < -0.39 is 0 Å². The highest BCUT2D eigenvalue weighted by atomic mass is 15.2. The van der Waals surface area contributed by atoms with E-state index in [9.17, 15) is 0 Å². The molecule has 0 spiro atoms. The molecular weight excluding hydrogens is 264 g/mol. The average Bonchev–Trinajstić information content (AvgIpc) is 2.95. The lowest BCUT2D eigenvalue weighted by molar-refractivity contribution is 1.09. The van der Waals surface area contributed by atoms with Crippen molar-refractivity contribution in [2.45, 2.75) is 0 Å². The van der Waals surface area contributed by atoms with Crippen LogP contribution in [0.2, 0.25) is 0 Å². The van der Waals surface area contributed by atoms with E-state index in [1.54, 1.807) is 12.4 Å². The Labute approximate surface area is 122 Å². The SMILES string of the molecule is CNc1cc(C#Cc2cnc3[nH]nc(NC)c3c2)ccn1. The quantitative estimate of drug-likeness (QED) is 0.623. The Kier molecular flexibility index (Phi) is 3.39. The number of pyridine rings is 2. The van der Waals surface area contributed by atoms with Gasteiger partial charge in [0.1, 0.15) is 5.82 Å². The molecule has 6 nitrogen and oxygen atoms in total. The van der Waals surface area contributed by atoms with Crippen LogP contribution in [0, 0.1) is 11.8 Å². The highest BCUT2D eigenvalue weighted by Gasteiger charge is 2.04. The van der Waals surface area contributed by atoms with Crippen LogP contribution in [0.3, 0.4) is 0 Å². The molecule has 0 unspecified atom stereocenters. The number of aromatic nitrogens is 4. The zero-order chi connectivity index (χ0) is 14.7. The van der Waals surface area contributed by atoms with Crippen molar-refractivity contribution in [1.82, 2.24) is 20.2 Å². The van der Waals surface area contributed by atoms with E-state index in [2.05, 4.69) is 42.6 Å². The van der Waals surface area contributed by atoms with E-state index >= 15 is 0 Å². The number of hydrogen-bond donors (Lipinski definition) is 3. The summed E-state index contributed by atoms with van der Waals surface area (Å²) in [6, 6.07) is 5.73. The van der Waals surface area contributed by atoms with E-state index in [0.717, 1.165) is 33.8 Å². The Bertz CT molecular complexity index is 840. The predicted octanol–water partition coefficient (Wildman–Crippen LogP) is 1.84. The van der Waals surface area contributed by atoms with Gasteiger partial charge in [-0.2, -0.15) is 5.10 Å². The van der Waals surface area contributed by atoms with Crippen molar-refractivity contribution in [2.75, 3.05) is 24.7 Å². The van der Waals surface area contributed by atoms with E-state index in [-0.39, 0.29) is 0 Å². The Morgan fingerprint density at radius 2 is 1.90 bits per heavy atom. The summed E-state index contributed by atoms with van der Waals surface area (Å²) in [6.07, 6.45) is 3.46. The molecule has 21 heavy (non-hydrogen) atoms. The van der Waals surface area contributed by atoms with Crippen molar-refractivity contribution in [1.29, 1.82) is 0 Å². The summed E-state index contributed by atoms with van der Waals surface area (Å²) in [4.78, 5) is 8.47. The Balaban J connectivity index is 1.96. The summed E-state index contributed by atoms with van der Waals surface area (Å²) < 4.78 is 0. The molecule has 3 heterocycles. The van der Waals surface area contributed by atoms with Gasteiger partial charge in [0, 0.05) is 37.6 Å². The fourth-order valence-corrected chi connectivity index (χ4v) is 1.95. The number of nitrogens with zero attached hydrogens (tertiary/aromatic N) is 3. The first-order valence-corrected chi connectivity index (χ1v) is 6.48. The Morgan fingerprint density at radius 3 is 2.71 bits per heavy atom. The molecule has 0 atom stereocenters. The van der Waals surface area contributed by atoms with Gasteiger partial charge in [-0.3, -0.25) is 5.10 Å². The first-order valence-electron chi connectivity index (χ1n) is 6.48. The van der Waals surface area contributed by atoms with Crippen LogP contribution in [-0.2, 0) is 0 Å². The van der Waals surface area contributed by atoms with Crippen LogP contribution in [0.5, 0.6) is 0 Å². The van der Waals surface area contributed by atoms with E-state index in [1.165, 1.54) is 0 Å². The third-order valence-corrected chi connectivity index (χ3v) is 3.02. The number of hydrogen-bond acceptors (Lipinski definition) is 5. The lowest BCUT2D eigenvalue weighted by Crippen LogP contribution is -1.91. The summed E-state index contributed by atoms with van der Waals surface area (Å²) in [5, 5.41) is 13.9. The molecule has 0 fully saturated rings. The molecule has 104 valence electrons. The molecule has 3 aromatic rings. The zero-order valence-electron chi connectivity index (χ0n) is 11.7. The number of fused-ring (bicyclic) bond motifs is 1. The largest absolute Gasteiger partial charge is 0.373 e. The van der Waals surface area contributed by atoms with E-state index in [4.69, 9.17) is 0 Å². The summed E-state index contributed by atoms with van der Waals surface area (Å²) >= 11 is 0. The van der Waals surface area contributed by atoms with Crippen LogP contribution in [-0.4, -0.2) is 34.3 Å². The van der Waals surface area contributed by atoms with Gasteiger partial charge in [0.2, 0.25) is 0 Å². The summed E-state index contributed by atoms with van der Waals surface area (Å²) in [6.45, 7) is 0. The number of aromatic amines is 1. The van der Waals surface area contributed by atoms with Crippen molar-refractivity contribution in [3.63, 3.8) is 0 Å². The second kappa shape index (κ2) is 5.51. The van der Waals surface area contributed by atoms with Crippen molar-refractivity contribution in [3.8, 4) is 11.8 Å². The summed E-state index contributed by atoms with van der Waals surface area (Å²) in [5.74, 6) is 7.78. The molecule has 3 N–H and O–H groups in total. The molecule has 0 aliphatic heterocycles. The second-order valence-corrected chi connectivity index (χ2v) is 4.37. The zero-order valence-corrected chi connectivity index (χ0v) is 11.7. The highest BCUT2D eigenvalue weighted by molar-refractivity contribution is 5.87. The molecule has 0 radical (unpaired) electrons. The monoisotopic (exact) mass is 278 g/mol. The molecule has 3 aromatic heterocycles. The fourth-order valence-electron chi connectivity index (χ4n) is 1.95. The maximum atomic E-state index is 4.31. The maximum Gasteiger partial charge on any atom is 0.157 e. The molecule has 6 heteroatoms. The van der Waals surface area contributed by atoms with Gasteiger partial charge in [-0.25, -0.2) is 9.97 Å². The number of nitrogens with one attached hydrogen (secondary N) is 3. The molecule has 0 bridgehead atoms. The molecular formula is C15H14N6. The van der Waals surface area contributed by atoms with Gasteiger partial charge in [-0.1, -0.05) is 11.8 Å². The molecule has 0 saturated carbocycles. The van der Waals surface area contributed by atoms with Crippen molar-refractivity contribution < 1.29 is 0 Å². The summed E-state index contributed by atoms with van der Waals surface area (Å²) in [5.41, 5.74) is 2.48. The molecule has 3 rings (SSSR count). The number of H-pyrrole nitrogens is 1. The first kappa shape index (κ1) is 12.9. The lowest BCUT2D eigenvalue weighted by Gasteiger charge is -1.97. The van der Waals surface area contributed by atoms with Gasteiger partial charge in [0.05, 0.1) is 5.39 Å². The minimum atomic E-state index is 0.742. The minimum Gasteiger partial charge on any atom is -0.373 e. The van der Waals surface area contributed by atoms with Crippen LogP contribution in [0.15, 0.2) is 30.6 Å². The molecule has 0 saturated heterocycles. The van der Waals surface area contributed by atoms with Gasteiger partial charge in [0.15, 0.2) is 11.5 Å². The molecule has 0 aliphatic rings. The van der Waals surface area contributed by atoms with Crippen molar-refractivity contribution >= 4 is 22.7 Å². The second-order valence-electron chi connectivity index (χ2n) is 4.37. The van der Waals surface area contributed by atoms with Crippen LogP contribution >= 0.6 is 0 Å². The maximum absolute atomic E-state index is 4.31. The Hall–Kier alpha value is -3.07. The standard InChI is InChI=1S/C15H14N6/c1-16-13-8-10(5-6-18-13)3-4-11-7-12-14(17-2)20-21-15(12)19-9-11/h5-9H,1-2H3,(H,16,18)(H2,17,19,20,21). The lowest BCUT2D eigenvalue weighted by atomic mass is 10.2. The first-order chi connectivity index (χ1) is 10.3. The van der Waals surface area contributed by atoms with Crippen molar-refractivity contribution in [2.24, 2.45) is 0 Å². The molecule has 0 amide bonds. The Morgan fingerprint density at radius 1 is 1.05 bits per heavy atom. The van der Waals surface area contributed by atoms with Gasteiger partial charge in [0.25, 0.3) is 0 Å². The third-order valence-electron chi connectivity index (χ3n) is 3.02. The predicted molar refractivity (Wildman–Crippen MR) is 83.2 cm³/mol. The van der Waals surface area contributed by atoms with Crippen LogP contribution in [0.1, 0.15) is 11.1 Å². The van der Waals surface area contributed by atoms with Gasteiger partial charge >= 0.3 is 0 Å². The van der Waals surface area contributed by atoms with Crippen LogP contribution in [0.25, 0.3) is 11.0 Å². The normalized spacial score (nSPS) is 10.0. The average molecular weight is 278 g/mol. The van der Waals surface area contributed by atoms with E-state index in [0.29, 0.717) is 0 Å². The van der Waals surface area contributed by atoms with Crippen LogP contribution < -0.4 is 10.6 Å². The molecule has 0 aromatic carbocycles. The van der Waals surface area contributed by atoms with E-state index in [1.807, 2.05) is 32.3 Å². The highest BCUT2D eigenvalue weighted by Crippen LogP contribution is 2.18. The smallest absolute Gasteiger partial charge is 0.157 e. The number of anilines is 2.